The second-order valence-electron chi connectivity index (χ2n) is 8.27. The third-order valence-electron chi connectivity index (χ3n) is 6.59. The predicted molar refractivity (Wildman–Crippen MR) is 119 cm³/mol. The Hall–Kier alpha value is -1.79. The van der Waals surface area contributed by atoms with Crippen LogP contribution >= 0.6 is 11.8 Å². The minimum absolute atomic E-state index is 0.00541. The number of carbonyl (C=O) groups is 1. The van der Waals surface area contributed by atoms with Gasteiger partial charge in [0.25, 0.3) is 5.56 Å². The molecule has 6 heteroatoms. The zero-order valence-electron chi connectivity index (χ0n) is 17.4. The van der Waals surface area contributed by atoms with Crippen LogP contribution in [-0.2, 0) is 11.3 Å². The van der Waals surface area contributed by atoms with Crippen molar-refractivity contribution in [2.75, 3.05) is 31.9 Å². The number of carbonyl (C=O) groups excluding carboxylic acids is 1. The Labute approximate surface area is 177 Å². The zero-order valence-corrected chi connectivity index (χ0v) is 18.2. The number of para-hydroxylation sites is 1. The van der Waals surface area contributed by atoms with Gasteiger partial charge in [0.05, 0.1) is 43.5 Å². The number of quaternary nitrogens is 1. The molecule has 1 saturated carbocycles. The van der Waals surface area contributed by atoms with E-state index in [4.69, 9.17) is 0 Å². The highest BCUT2D eigenvalue weighted by atomic mass is 32.2. The number of amides is 1. The Morgan fingerprint density at radius 3 is 2.59 bits per heavy atom. The summed E-state index contributed by atoms with van der Waals surface area (Å²) in [6.45, 7) is 6.52. The molecule has 2 heterocycles. The second-order valence-corrected chi connectivity index (χ2v) is 9.29. The molecule has 0 radical (unpaired) electrons. The number of nitrogens with zero attached hydrogens (tertiary/aromatic N) is 2. The number of benzene rings is 1. The van der Waals surface area contributed by atoms with E-state index in [9.17, 15) is 9.59 Å². The largest absolute Gasteiger partial charge is 0.331 e. The highest BCUT2D eigenvalue weighted by Crippen LogP contribution is 2.26. The molecule has 1 aliphatic heterocycles. The number of aromatic nitrogens is 1. The van der Waals surface area contributed by atoms with Crippen LogP contribution in [0.5, 0.6) is 0 Å². The van der Waals surface area contributed by atoms with E-state index in [0.717, 1.165) is 48.0 Å². The number of hydrogen-bond donors (Lipinski definition) is 1. The summed E-state index contributed by atoms with van der Waals surface area (Å²) in [6, 6.07) is 10.5. The Bertz CT molecular complexity index is 912. The summed E-state index contributed by atoms with van der Waals surface area (Å²) in [6.07, 6.45) is 6.85. The smallest absolute Gasteiger partial charge is 0.252 e. The number of hydrogen-bond acceptors (Lipinski definition) is 3. The van der Waals surface area contributed by atoms with Gasteiger partial charge in [0.15, 0.2) is 0 Å². The molecular formula is C23H32N3O2S+. The van der Waals surface area contributed by atoms with Gasteiger partial charge < -0.3 is 14.4 Å². The highest BCUT2D eigenvalue weighted by Gasteiger charge is 2.30. The molecule has 1 aromatic heterocycles. The summed E-state index contributed by atoms with van der Waals surface area (Å²) in [5, 5.41) is 1.05. The Balaban J connectivity index is 1.37. The lowest BCUT2D eigenvalue weighted by atomic mass is 9.94. The normalized spacial score (nSPS) is 19.0. The molecule has 1 aromatic carbocycles. The molecule has 1 amide bonds. The standard InChI is InChI=1S/C23H31N3O2S/c1-2-26-20-11-7-6-10-19(20)21(16-22(26)27)29-17-23(28)25-14-12-24(13-15-25)18-8-4-3-5-9-18/h6-7,10-11,16,18H,2-5,8-9,12-15,17H2,1H3/p+1. The minimum atomic E-state index is 0.00541. The van der Waals surface area contributed by atoms with Crippen LogP contribution < -0.4 is 10.5 Å². The average molecular weight is 415 g/mol. The van der Waals surface area contributed by atoms with E-state index >= 15 is 0 Å². The van der Waals surface area contributed by atoms with Gasteiger partial charge in [-0.3, -0.25) is 9.59 Å². The van der Waals surface area contributed by atoms with Crippen molar-refractivity contribution in [3.8, 4) is 0 Å². The summed E-state index contributed by atoms with van der Waals surface area (Å²) in [7, 11) is 0. The number of rotatable bonds is 5. The third kappa shape index (κ3) is 4.53. The van der Waals surface area contributed by atoms with Crippen molar-refractivity contribution in [3.63, 3.8) is 0 Å². The number of thioether (sulfide) groups is 1. The lowest BCUT2D eigenvalue weighted by Gasteiger charge is -2.38. The lowest BCUT2D eigenvalue weighted by Crippen LogP contribution is -3.18. The highest BCUT2D eigenvalue weighted by molar-refractivity contribution is 8.00. The van der Waals surface area contributed by atoms with Gasteiger partial charge >= 0.3 is 0 Å². The summed E-state index contributed by atoms with van der Waals surface area (Å²) >= 11 is 1.50. The summed E-state index contributed by atoms with van der Waals surface area (Å²) in [5.41, 5.74) is 0.952. The molecule has 0 bridgehead atoms. The predicted octanol–water partition coefficient (Wildman–Crippen LogP) is 2.17. The first-order valence-corrected chi connectivity index (χ1v) is 12.0. The van der Waals surface area contributed by atoms with Crippen molar-refractivity contribution in [2.24, 2.45) is 0 Å². The second kappa shape index (κ2) is 9.35. The van der Waals surface area contributed by atoms with Gasteiger partial charge in [0, 0.05) is 22.9 Å². The van der Waals surface area contributed by atoms with E-state index in [1.807, 2.05) is 36.1 Å². The minimum Gasteiger partial charge on any atom is -0.331 e. The van der Waals surface area contributed by atoms with E-state index in [1.165, 1.54) is 43.9 Å². The fraction of sp³-hybridized carbons (Fsp3) is 0.565. The molecule has 4 rings (SSSR count). The number of nitrogens with one attached hydrogen (secondary N) is 1. The lowest BCUT2D eigenvalue weighted by molar-refractivity contribution is -0.930. The number of aryl methyl sites for hydroxylation is 1. The van der Waals surface area contributed by atoms with Crippen LogP contribution in [0.1, 0.15) is 39.0 Å². The maximum absolute atomic E-state index is 12.8. The maximum atomic E-state index is 12.8. The van der Waals surface area contributed by atoms with Crippen molar-refractivity contribution < 1.29 is 9.69 Å². The fourth-order valence-electron chi connectivity index (χ4n) is 4.94. The molecule has 5 nitrogen and oxygen atoms in total. The molecule has 0 atom stereocenters. The van der Waals surface area contributed by atoms with Crippen molar-refractivity contribution in [2.45, 2.75) is 56.5 Å². The molecule has 1 N–H and O–H groups in total. The first-order valence-electron chi connectivity index (χ1n) is 11.0. The van der Waals surface area contributed by atoms with Gasteiger partial charge in [0.1, 0.15) is 0 Å². The summed E-state index contributed by atoms with van der Waals surface area (Å²) in [5.74, 6) is 0.597. The van der Waals surface area contributed by atoms with Crippen molar-refractivity contribution >= 4 is 28.6 Å². The van der Waals surface area contributed by atoms with Crippen LogP contribution in [-0.4, -0.2) is 53.3 Å². The summed E-state index contributed by atoms with van der Waals surface area (Å²) in [4.78, 5) is 29.9. The Morgan fingerprint density at radius 2 is 1.86 bits per heavy atom. The molecule has 0 unspecified atom stereocenters. The molecule has 1 saturated heterocycles. The van der Waals surface area contributed by atoms with E-state index in [2.05, 4.69) is 0 Å². The van der Waals surface area contributed by atoms with Gasteiger partial charge in [-0.2, -0.15) is 0 Å². The molecular weight excluding hydrogens is 382 g/mol. The van der Waals surface area contributed by atoms with Crippen LogP contribution in [0.15, 0.2) is 40.0 Å². The average Bonchev–Trinajstić information content (AvgIpc) is 2.78. The van der Waals surface area contributed by atoms with Gasteiger partial charge in [-0.1, -0.05) is 24.6 Å². The van der Waals surface area contributed by atoms with Gasteiger partial charge in [-0.15, -0.1) is 11.8 Å². The van der Waals surface area contributed by atoms with Gasteiger partial charge in [0.2, 0.25) is 5.91 Å². The molecule has 29 heavy (non-hydrogen) atoms. The molecule has 2 aliphatic rings. The van der Waals surface area contributed by atoms with Crippen LogP contribution in [0, 0.1) is 0 Å². The summed E-state index contributed by atoms with van der Waals surface area (Å²) < 4.78 is 1.79. The topological polar surface area (TPSA) is 46.8 Å². The van der Waals surface area contributed by atoms with Crippen LogP contribution in [0.25, 0.3) is 10.9 Å². The molecule has 2 fully saturated rings. The maximum Gasteiger partial charge on any atom is 0.252 e. The van der Waals surface area contributed by atoms with E-state index < -0.39 is 0 Å². The fourth-order valence-corrected chi connectivity index (χ4v) is 5.92. The van der Waals surface area contributed by atoms with E-state index in [-0.39, 0.29) is 11.5 Å². The van der Waals surface area contributed by atoms with Crippen molar-refractivity contribution in [1.29, 1.82) is 0 Å². The van der Waals surface area contributed by atoms with Crippen LogP contribution in [0.4, 0.5) is 0 Å². The van der Waals surface area contributed by atoms with Crippen LogP contribution in [0.2, 0.25) is 0 Å². The van der Waals surface area contributed by atoms with Crippen molar-refractivity contribution in [3.05, 3.63) is 40.7 Å². The molecule has 2 aromatic rings. The monoisotopic (exact) mass is 414 g/mol. The van der Waals surface area contributed by atoms with Gasteiger partial charge in [-0.05, 0) is 38.7 Å². The van der Waals surface area contributed by atoms with E-state index in [1.54, 1.807) is 15.5 Å². The zero-order chi connectivity index (χ0) is 20.2. The quantitative estimate of drug-likeness (QED) is 0.763. The Kier molecular flexibility index (Phi) is 6.60. The molecule has 0 spiro atoms. The number of fused-ring (bicyclic) bond motifs is 1. The third-order valence-corrected chi connectivity index (χ3v) is 7.63. The number of piperazine rings is 1. The van der Waals surface area contributed by atoms with Gasteiger partial charge in [-0.25, -0.2) is 0 Å². The van der Waals surface area contributed by atoms with Crippen molar-refractivity contribution in [1.82, 2.24) is 9.47 Å². The molecule has 1 aliphatic carbocycles. The first-order chi connectivity index (χ1) is 14.2. The van der Waals surface area contributed by atoms with Crippen LogP contribution in [0.3, 0.4) is 0 Å². The number of pyridine rings is 1. The first kappa shape index (κ1) is 20.5. The Morgan fingerprint density at radius 1 is 1.14 bits per heavy atom. The van der Waals surface area contributed by atoms with E-state index in [0.29, 0.717) is 12.3 Å². The SMILES string of the molecule is CCn1c(=O)cc(SCC(=O)N2CC[NH+](C3CCCCC3)CC2)c2ccccc21. The molecule has 156 valence electrons.